The summed E-state index contributed by atoms with van der Waals surface area (Å²) in [5, 5.41) is 6.43. The Bertz CT molecular complexity index is 1280. The Kier molecular flexibility index (Phi) is 5.58. The molecule has 0 radical (unpaired) electrons. The summed E-state index contributed by atoms with van der Waals surface area (Å²) in [4.78, 5) is 23.9. The van der Waals surface area contributed by atoms with Crippen LogP contribution in [0.1, 0.15) is 11.5 Å². The van der Waals surface area contributed by atoms with E-state index in [2.05, 4.69) is 29.9 Å². The Morgan fingerprint density at radius 3 is 2.78 bits per heavy atom. The number of ether oxygens (including phenoxy) is 2. The Morgan fingerprint density at radius 2 is 2.03 bits per heavy atom. The van der Waals surface area contributed by atoms with E-state index < -0.39 is 18.2 Å². The van der Waals surface area contributed by atoms with Gasteiger partial charge in [-0.25, -0.2) is 4.79 Å². The number of hydrogen-bond acceptors (Lipinski definition) is 8. The Morgan fingerprint density at radius 1 is 1.19 bits per heavy atom. The van der Waals surface area contributed by atoms with Crippen molar-refractivity contribution >= 4 is 22.7 Å². The minimum absolute atomic E-state index is 0.0831. The van der Waals surface area contributed by atoms with E-state index >= 15 is 0 Å². The first-order valence-corrected chi connectivity index (χ1v) is 9.06. The fourth-order valence-corrected chi connectivity index (χ4v) is 2.92. The van der Waals surface area contributed by atoms with Crippen molar-refractivity contribution in [3.8, 4) is 17.1 Å². The highest BCUT2D eigenvalue weighted by molar-refractivity contribution is 6.03. The van der Waals surface area contributed by atoms with Crippen molar-refractivity contribution in [1.82, 2.24) is 20.1 Å². The van der Waals surface area contributed by atoms with Crippen LogP contribution in [0.25, 0.3) is 22.3 Å². The van der Waals surface area contributed by atoms with E-state index in [1.165, 1.54) is 31.6 Å². The number of nitrogens with one attached hydrogen (secondary N) is 1. The number of pyridine rings is 2. The molecular formula is C20H14F3N5O4. The van der Waals surface area contributed by atoms with Gasteiger partial charge in [0.1, 0.15) is 12.4 Å². The lowest BCUT2D eigenvalue weighted by Gasteiger charge is -2.12. The molecule has 12 heteroatoms. The minimum Gasteiger partial charge on any atom is -0.496 e. The molecule has 4 aromatic rings. The standard InChI is InChI=1S/C20H14F3N5O4/c1-30-15-6-8-24-9-11(15)10-31-19(29)26-14-5-4-13(16-12(14)3-2-7-25-16)17-27-18(32-28-17)20(21,22)23/h2-9H,10H2,1H3,(H,26,29). The van der Waals surface area contributed by atoms with Crippen LogP contribution in [0.2, 0.25) is 0 Å². The third-order valence-electron chi connectivity index (χ3n) is 4.35. The van der Waals surface area contributed by atoms with Gasteiger partial charge in [-0.15, -0.1) is 0 Å². The lowest BCUT2D eigenvalue weighted by atomic mass is 10.1. The molecule has 1 N–H and O–H groups in total. The Labute approximate surface area is 178 Å². The normalized spacial score (nSPS) is 11.4. The number of methoxy groups -OCH3 is 1. The maximum Gasteiger partial charge on any atom is 0.471 e. The fraction of sp³-hybridized carbons (Fsp3) is 0.150. The molecule has 3 aromatic heterocycles. The quantitative estimate of drug-likeness (QED) is 0.479. The molecule has 4 rings (SSSR count). The zero-order valence-electron chi connectivity index (χ0n) is 16.4. The topological polar surface area (TPSA) is 112 Å². The average Bonchev–Trinajstić information content (AvgIpc) is 3.29. The van der Waals surface area contributed by atoms with Crippen LogP contribution in [-0.2, 0) is 17.5 Å². The van der Waals surface area contributed by atoms with Gasteiger partial charge in [-0.1, -0.05) is 5.16 Å². The monoisotopic (exact) mass is 445 g/mol. The molecule has 3 heterocycles. The summed E-state index contributed by atoms with van der Waals surface area (Å²) < 4.78 is 53.1. The van der Waals surface area contributed by atoms with Crippen LogP contribution in [0.4, 0.5) is 23.7 Å². The van der Waals surface area contributed by atoms with Crippen LogP contribution < -0.4 is 10.1 Å². The number of rotatable bonds is 5. The summed E-state index contributed by atoms with van der Waals surface area (Å²) in [5.41, 5.74) is 1.39. The number of alkyl halides is 3. The van der Waals surface area contributed by atoms with Gasteiger partial charge in [0, 0.05) is 35.1 Å². The van der Waals surface area contributed by atoms with E-state index in [1.807, 2.05) is 0 Å². The number of amides is 1. The maximum absolute atomic E-state index is 12.8. The summed E-state index contributed by atoms with van der Waals surface area (Å²) in [7, 11) is 1.49. The van der Waals surface area contributed by atoms with Gasteiger partial charge in [0.25, 0.3) is 0 Å². The number of nitrogens with zero attached hydrogens (tertiary/aromatic N) is 4. The van der Waals surface area contributed by atoms with Crippen molar-refractivity contribution in [2.24, 2.45) is 0 Å². The summed E-state index contributed by atoms with van der Waals surface area (Å²) in [5.74, 6) is -1.22. The van der Waals surface area contributed by atoms with Crippen molar-refractivity contribution in [3.05, 3.63) is 60.4 Å². The summed E-state index contributed by atoms with van der Waals surface area (Å²) in [6.45, 7) is -0.0831. The minimum atomic E-state index is -4.77. The molecule has 0 aliphatic carbocycles. The number of hydrogen-bond donors (Lipinski definition) is 1. The van der Waals surface area contributed by atoms with E-state index in [4.69, 9.17) is 9.47 Å². The largest absolute Gasteiger partial charge is 0.496 e. The molecule has 0 saturated carbocycles. The van der Waals surface area contributed by atoms with Crippen LogP contribution in [-0.4, -0.2) is 33.3 Å². The van der Waals surface area contributed by atoms with Crippen molar-refractivity contribution < 1.29 is 32.0 Å². The molecule has 0 bridgehead atoms. The highest BCUT2D eigenvalue weighted by atomic mass is 19.4. The average molecular weight is 445 g/mol. The van der Waals surface area contributed by atoms with Crippen LogP contribution >= 0.6 is 0 Å². The lowest BCUT2D eigenvalue weighted by Crippen LogP contribution is -2.14. The van der Waals surface area contributed by atoms with Gasteiger partial charge in [0.2, 0.25) is 5.82 Å². The second-order valence-corrected chi connectivity index (χ2v) is 6.37. The molecule has 1 amide bonds. The maximum atomic E-state index is 12.8. The van der Waals surface area contributed by atoms with Crippen molar-refractivity contribution in [2.45, 2.75) is 12.8 Å². The molecule has 0 aliphatic heterocycles. The third-order valence-corrected chi connectivity index (χ3v) is 4.35. The van der Waals surface area contributed by atoms with Gasteiger partial charge in [0.05, 0.1) is 18.3 Å². The number of carbonyl (C=O) groups excluding carboxylic acids is 1. The van der Waals surface area contributed by atoms with E-state index in [1.54, 1.807) is 24.4 Å². The van der Waals surface area contributed by atoms with Gasteiger partial charge < -0.3 is 14.0 Å². The Balaban J connectivity index is 1.57. The molecule has 1 aromatic carbocycles. The number of carbonyl (C=O) groups is 1. The lowest BCUT2D eigenvalue weighted by molar-refractivity contribution is -0.159. The second kappa shape index (κ2) is 8.49. The summed E-state index contributed by atoms with van der Waals surface area (Å²) >= 11 is 0. The zero-order valence-corrected chi connectivity index (χ0v) is 16.4. The van der Waals surface area contributed by atoms with Gasteiger partial charge in [0.15, 0.2) is 0 Å². The molecule has 0 unspecified atom stereocenters. The van der Waals surface area contributed by atoms with E-state index in [-0.39, 0.29) is 23.5 Å². The molecule has 0 atom stereocenters. The molecule has 0 saturated heterocycles. The molecule has 0 spiro atoms. The molecule has 32 heavy (non-hydrogen) atoms. The van der Waals surface area contributed by atoms with E-state index in [9.17, 15) is 18.0 Å². The van der Waals surface area contributed by atoms with Gasteiger partial charge in [-0.05, 0) is 30.3 Å². The number of anilines is 1. The second-order valence-electron chi connectivity index (χ2n) is 6.37. The van der Waals surface area contributed by atoms with Gasteiger partial charge in [-0.3, -0.25) is 15.3 Å². The first-order chi connectivity index (χ1) is 15.4. The zero-order chi connectivity index (χ0) is 22.7. The van der Waals surface area contributed by atoms with Crippen molar-refractivity contribution in [1.29, 1.82) is 0 Å². The van der Waals surface area contributed by atoms with E-state index in [0.29, 0.717) is 22.4 Å². The molecule has 9 nitrogen and oxygen atoms in total. The van der Waals surface area contributed by atoms with Crippen LogP contribution in [0, 0.1) is 0 Å². The molecular weight excluding hydrogens is 431 g/mol. The highest BCUT2D eigenvalue weighted by Crippen LogP contribution is 2.33. The molecule has 164 valence electrons. The molecule has 0 fully saturated rings. The number of benzene rings is 1. The highest BCUT2D eigenvalue weighted by Gasteiger charge is 2.38. The number of fused-ring (bicyclic) bond motifs is 1. The number of halogens is 3. The first-order valence-electron chi connectivity index (χ1n) is 9.06. The molecule has 0 aliphatic rings. The fourth-order valence-electron chi connectivity index (χ4n) is 2.92. The Hall–Kier alpha value is -4.22. The van der Waals surface area contributed by atoms with E-state index in [0.717, 1.165) is 0 Å². The van der Waals surface area contributed by atoms with Crippen molar-refractivity contribution in [3.63, 3.8) is 0 Å². The number of aromatic nitrogens is 4. The first kappa shape index (κ1) is 21.0. The van der Waals surface area contributed by atoms with Crippen LogP contribution in [0.5, 0.6) is 5.75 Å². The summed E-state index contributed by atoms with van der Waals surface area (Å²) in [6.07, 6.45) is -1.01. The third kappa shape index (κ3) is 4.29. The predicted molar refractivity (Wildman–Crippen MR) is 105 cm³/mol. The summed E-state index contributed by atoms with van der Waals surface area (Å²) in [6, 6.07) is 7.79. The predicted octanol–water partition coefficient (Wildman–Crippen LogP) is 4.46. The van der Waals surface area contributed by atoms with Crippen molar-refractivity contribution in [2.75, 3.05) is 12.4 Å². The van der Waals surface area contributed by atoms with Gasteiger partial charge in [-0.2, -0.15) is 18.2 Å². The SMILES string of the molecule is COc1ccncc1COC(=O)Nc1ccc(-c2noc(C(F)(F)F)n2)c2ncccc12. The van der Waals surface area contributed by atoms with Crippen LogP contribution in [0.3, 0.4) is 0 Å². The van der Waals surface area contributed by atoms with Gasteiger partial charge >= 0.3 is 18.2 Å². The van der Waals surface area contributed by atoms with Crippen LogP contribution in [0.15, 0.2) is 53.4 Å². The smallest absolute Gasteiger partial charge is 0.471 e.